The zero-order valence-corrected chi connectivity index (χ0v) is 11.1. The topological polar surface area (TPSA) is 43.1 Å². The molecule has 2 N–H and O–H groups in total. The van der Waals surface area contributed by atoms with E-state index in [2.05, 4.69) is 0 Å². The number of carbonyl (C=O) groups excluding carboxylic acids is 1. The van der Waals surface area contributed by atoms with Gasteiger partial charge >= 0.3 is 6.18 Å². The van der Waals surface area contributed by atoms with Crippen molar-refractivity contribution in [2.75, 3.05) is 5.73 Å². The zero-order chi connectivity index (χ0) is 14.9. The van der Waals surface area contributed by atoms with Gasteiger partial charge in [-0.3, -0.25) is 0 Å². The van der Waals surface area contributed by atoms with E-state index in [0.717, 1.165) is 6.42 Å². The van der Waals surface area contributed by atoms with Crippen LogP contribution < -0.4 is 5.73 Å². The van der Waals surface area contributed by atoms with Crippen LogP contribution in [0.25, 0.3) is 0 Å². The molecule has 0 spiro atoms. The number of fused-ring (bicyclic) bond motifs is 5. The Balaban J connectivity index is 0.000000704. The largest absolute Gasteiger partial charge is 0.399 e. The fourth-order valence-electron chi connectivity index (χ4n) is 3.76. The molecule has 0 saturated heterocycles. The van der Waals surface area contributed by atoms with Gasteiger partial charge in [0.05, 0.1) is 0 Å². The Bertz CT molecular complexity index is 486. The van der Waals surface area contributed by atoms with Crippen LogP contribution in [0.1, 0.15) is 48.6 Å². The minimum Gasteiger partial charge on any atom is -0.399 e. The van der Waals surface area contributed by atoms with E-state index in [-0.39, 0.29) is 11.8 Å². The van der Waals surface area contributed by atoms with Gasteiger partial charge in [-0.1, -0.05) is 6.07 Å². The van der Waals surface area contributed by atoms with Gasteiger partial charge in [-0.15, -0.1) is 0 Å². The van der Waals surface area contributed by atoms with E-state index in [0.29, 0.717) is 24.4 Å². The fourth-order valence-corrected chi connectivity index (χ4v) is 3.76. The number of nitrogens with two attached hydrogens (primary N) is 1. The highest BCUT2D eigenvalue weighted by molar-refractivity contribution is 5.50. The van der Waals surface area contributed by atoms with Crippen molar-refractivity contribution in [2.45, 2.75) is 43.7 Å². The van der Waals surface area contributed by atoms with Gasteiger partial charge in [0.1, 0.15) is 6.79 Å². The number of halogens is 3. The van der Waals surface area contributed by atoms with Crippen LogP contribution in [0.15, 0.2) is 18.2 Å². The van der Waals surface area contributed by atoms with E-state index in [9.17, 15) is 13.2 Å². The lowest BCUT2D eigenvalue weighted by Crippen LogP contribution is -2.21. The molecule has 5 heteroatoms. The minimum absolute atomic E-state index is 0.220. The Morgan fingerprint density at radius 1 is 1.10 bits per heavy atom. The Hall–Kier alpha value is -1.52. The molecule has 0 radical (unpaired) electrons. The Labute approximate surface area is 116 Å². The van der Waals surface area contributed by atoms with E-state index in [4.69, 9.17) is 10.5 Å². The SMILES string of the molecule is C=O.Nc1ccc2c(c1)C1CC(CC(F)(F)F)CC2C1. The first-order valence-corrected chi connectivity index (χ1v) is 6.67. The molecule has 3 atom stereocenters. The molecule has 2 aliphatic rings. The quantitative estimate of drug-likeness (QED) is 0.792. The number of hydrogen-bond donors (Lipinski definition) is 1. The average Bonchev–Trinajstić information content (AvgIpc) is 2.62. The summed E-state index contributed by atoms with van der Waals surface area (Å²) >= 11 is 0. The van der Waals surface area contributed by atoms with E-state index in [1.165, 1.54) is 11.1 Å². The summed E-state index contributed by atoms with van der Waals surface area (Å²) in [6.45, 7) is 2.00. The maximum absolute atomic E-state index is 12.5. The second-order valence-corrected chi connectivity index (χ2v) is 5.67. The molecule has 0 amide bonds. The third kappa shape index (κ3) is 2.97. The molecule has 2 bridgehead atoms. The predicted molar refractivity (Wildman–Crippen MR) is 71.5 cm³/mol. The predicted octanol–water partition coefficient (Wildman–Crippen LogP) is 4.02. The Morgan fingerprint density at radius 2 is 1.70 bits per heavy atom. The summed E-state index contributed by atoms with van der Waals surface area (Å²) in [5, 5.41) is 0. The van der Waals surface area contributed by atoms with Crippen LogP contribution in [-0.2, 0) is 4.79 Å². The van der Waals surface area contributed by atoms with Crippen LogP contribution in [0.3, 0.4) is 0 Å². The molecular formula is C15H18F3NO. The molecule has 110 valence electrons. The van der Waals surface area contributed by atoms with Crippen molar-refractivity contribution < 1.29 is 18.0 Å². The third-order valence-corrected chi connectivity index (χ3v) is 4.32. The lowest BCUT2D eigenvalue weighted by atomic mass is 9.78. The molecule has 3 rings (SSSR count). The van der Waals surface area contributed by atoms with Crippen molar-refractivity contribution in [3.63, 3.8) is 0 Å². The highest BCUT2D eigenvalue weighted by atomic mass is 19.4. The number of hydrogen-bond acceptors (Lipinski definition) is 2. The van der Waals surface area contributed by atoms with E-state index < -0.39 is 12.6 Å². The normalized spacial score (nSPS) is 27.4. The number of nitrogen functional groups attached to an aromatic ring is 1. The molecule has 0 aromatic heterocycles. The smallest absolute Gasteiger partial charge is 0.389 e. The van der Waals surface area contributed by atoms with Crippen LogP contribution in [-0.4, -0.2) is 13.0 Å². The van der Waals surface area contributed by atoms with Gasteiger partial charge in [0.2, 0.25) is 0 Å². The van der Waals surface area contributed by atoms with Crippen molar-refractivity contribution in [1.82, 2.24) is 0 Å². The summed E-state index contributed by atoms with van der Waals surface area (Å²) in [6, 6.07) is 5.82. The lowest BCUT2D eigenvalue weighted by Gasteiger charge is -2.28. The number of benzene rings is 1. The third-order valence-electron chi connectivity index (χ3n) is 4.32. The number of anilines is 1. The van der Waals surface area contributed by atoms with Crippen LogP contribution >= 0.6 is 0 Å². The maximum atomic E-state index is 12.5. The van der Waals surface area contributed by atoms with Gasteiger partial charge in [0, 0.05) is 12.1 Å². The Kier molecular flexibility index (Phi) is 4.06. The van der Waals surface area contributed by atoms with Gasteiger partial charge < -0.3 is 10.5 Å². The van der Waals surface area contributed by atoms with Crippen molar-refractivity contribution in [3.05, 3.63) is 29.3 Å². The highest BCUT2D eigenvalue weighted by Crippen LogP contribution is 2.54. The van der Waals surface area contributed by atoms with Crippen molar-refractivity contribution in [2.24, 2.45) is 5.92 Å². The number of rotatable bonds is 1. The minimum atomic E-state index is -4.04. The second-order valence-electron chi connectivity index (χ2n) is 5.67. The van der Waals surface area contributed by atoms with E-state index in [1.807, 2.05) is 25.0 Å². The second kappa shape index (κ2) is 5.46. The van der Waals surface area contributed by atoms with Crippen LogP contribution in [0, 0.1) is 5.92 Å². The lowest BCUT2D eigenvalue weighted by molar-refractivity contribution is -0.147. The van der Waals surface area contributed by atoms with Gasteiger partial charge in [-0.2, -0.15) is 13.2 Å². The van der Waals surface area contributed by atoms with Crippen molar-refractivity contribution >= 4 is 12.5 Å². The molecule has 1 saturated carbocycles. The first-order valence-electron chi connectivity index (χ1n) is 6.67. The standard InChI is InChI=1S/C14H16F3N.CH2O/c15-14(16,17)7-8-3-9-5-10(4-8)13-6-11(18)1-2-12(9)13;1-2/h1-2,6,8-10H,3-5,7,18H2;1H2. The molecular weight excluding hydrogens is 267 g/mol. The molecule has 3 unspecified atom stereocenters. The molecule has 1 fully saturated rings. The maximum Gasteiger partial charge on any atom is 0.389 e. The first kappa shape index (κ1) is 14.9. The zero-order valence-electron chi connectivity index (χ0n) is 11.1. The molecule has 2 nitrogen and oxygen atoms in total. The molecule has 1 aromatic carbocycles. The summed E-state index contributed by atoms with van der Waals surface area (Å²) in [5.41, 5.74) is 8.92. The molecule has 0 aliphatic heterocycles. The van der Waals surface area contributed by atoms with E-state index >= 15 is 0 Å². The van der Waals surface area contributed by atoms with Gasteiger partial charge in [-0.25, -0.2) is 0 Å². The van der Waals surface area contributed by atoms with Crippen molar-refractivity contribution in [1.29, 1.82) is 0 Å². The van der Waals surface area contributed by atoms with Gasteiger partial charge in [0.25, 0.3) is 0 Å². The summed E-state index contributed by atoms with van der Waals surface area (Å²) in [4.78, 5) is 8.00. The van der Waals surface area contributed by atoms with Gasteiger partial charge in [-0.05, 0) is 60.3 Å². The highest BCUT2D eigenvalue weighted by Gasteiger charge is 2.42. The van der Waals surface area contributed by atoms with Crippen LogP contribution in [0.5, 0.6) is 0 Å². The molecule has 1 aromatic rings. The molecule has 2 aliphatic carbocycles. The summed E-state index contributed by atoms with van der Waals surface area (Å²) in [7, 11) is 0. The monoisotopic (exact) mass is 285 g/mol. The first-order chi connectivity index (χ1) is 9.42. The van der Waals surface area contributed by atoms with Crippen LogP contribution in [0.4, 0.5) is 18.9 Å². The van der Waals surface area contributed by atoms with Gasteiger partial charge in [0.15, 0.2) is 0 Å². The fraction of sp³-hybridized carbons (Fsp3) is 0.533. The van der Waals surface area contributed by atoms with E-state index in [1.54, 1.807) is 0 Å². The molecule has 0 heterocycles. The summed E-state index contributed by atoms with van der Waals surface area (Å²) in [6.07, 6.45) is -2.33. The Morgan fingerprint density at radius 3 is 2.30 bits per heavy atom. The summed E-state index contributed by atoms with van der Waals surface area (Å²) < 4.78 is 37.5. The summed E-state index contributed by atoms with van der Waals surface area (Å²) in [5.74, 6) is 0.378. The van der Waals surface area contributed by atoms with Crippen LogP contribution in [0.2, 0.25) is 0 Å². The average molecular weight is 285 g/mol. The number of alkyl halides is 3. The number of carbonyl (C=O) groups is 1. The van der Waals surface area contributed by atoms with Crippen molar-refractivity contribution in [3.8, 4) is 0 Å². The molecule has 20 heavy (non-hydrogen) atoms.